The van der Waals surface area contributed by atoms with Gasteiger partial charge in [-0.25, -0.2) is 0 Å². The summed E-state index contributed by atoms with van der Waals surface area (Å²) in [6.45, 7) is 16.0. The molecule has 17 aromatic carbocycles. The molecule has 19 aromatic rings. The normalized spacial score (nSPS) is 15.5. The van der Waals surface area contributed by atoms with E-state index < -0.39 is 211 Å². The largest absolute Gasteiger partial charge is 0.310 e. The van der Waals surface area contributed by atoms with E-state index >= 15 is 0 Å². The summed E-state index contributed by atoms with van der Waals surface area (Å²) in [5.41, 5.74) is 4.34. The van der Waals surface area contributed by atoms with Gasteiger partial charge in [0.25, 0.3) is 6.71 Å². The number of fused-ring (bicyclic) bond motifs is 10. The Morgan fingerprint density at radius 2 is 0.504 bits per heavy atom. The average Bonchev–Trinajstić information content (AvgIpc) is 1.31. The van der Waals surface area contributed by atoms with Crippen LogP contribution in [0.25, 0.3) is 144 Å². The first kappa shape index (κ1) is 51.2. The van der Waals surface area contributed by atoms with E-state index in [1.807, 2.05) is 215 Å². The predicted octanol–water partition coefficient (Wildman–Crippen LogP) is 29.2. The smallest absolute Gasteiger partial charge is 0.252 e. The molecule has 119 heavy (non-hydrogen) atoms. The highest BCUT2D eigenvalue weighted by Crippen LogP contribution is 2.57. The van der Waals surface area contributed by atoms with Crippen molar-refractivity contribution >= 4 is 101 Å². The quantitative estimate of drug-likeness (QED) is 0.113. The van der Waals surface area contributed by atoms with Gasteiger partial charge in [0.05, 0.1) is 66.3 Å². The van der Waals surface area contributed by atoms with Crippen LogP contribution in [0, 0.1) is 0 Å². The lowest BCUT2D eigenvalue weighted by Crippen LogP contribution is -2.61. The predicted molar refractivity (Wildman–Crippen MR) is 509 cm³/mol. The fraction of sp³-hybridized carbons (Fsp3) is 0.105. The van der Waals surface area contributed by atoms with Crippen molar-refractivity contribution in [1.29, 1.82) is 0 Å². The molecule has 0 bridgehead atoms. The van der Waals surface area contributed by atoms with Crippen LogP contribution in [-0.4, -0.2) is 15.8 Å². The van der Waals surface area contributed by atoms with Crippen molar-refractivity contribution in [3.05, 3.63) is 404 Å². The molecule has 570 valence electrons. The number of hydrogen-bond donors (Lipinski definition) is 0. The zero-order valence-corrected chi connectivity index (χ0v) is 67.0. The lowest BCUT2D eigenvalue weighted by atomic mass is 9.33. The Hall–Kier alpha value is -14.0. The number of hydrogen-bond acceptors (Lipinski definition) is 2. The molecule has 0 spiro atoms. The molecular formula is C114H91BN4. The van der Waals surface area contributed by atoms with E-state index in [9.17, 15) is 32.9 Å². The summed E-state index contributed by atoms with van der Waals surface area (Å²) in [5.74, 6) is 0. The van der Waals surface area contributed by atoms with Gasteiger partial charge < -0.3 is 18.9 Å². The minimum absolute atomic E-state index is 0.0266. The van der Waals surface area contributed by atoms with Gasteiger partial charge in [-0.3, -0.25) is 0 Å². The molecule has 2 aliphatic rings. The molecule has 2 aromatic heterocycles. The summed E-state index contributed by atoms with van der Waals surface area (Å²) in [7, 11) is 0. The Balaban J connectivity index is 1.06. The molecule has 0 saturated carbocycles. The van der Waals surface area contributed by atoms with Crippen molar-refractivity contribution in [2.45, 2.75) is 78.6 Å². The summed E-state index contributed by atoms with van der Waals surface area (Å²) in [6.07, 6.45) is 0. The lowest BCUT2D eigenvalue weighted by Gasteiger charge is -2.47. The molecule has 4 heterocycles. The number of para-hydroxylation sites is 4. The molecule has 0 N–H and O–H groups in total. The summed E-state index contributed by atoms with van der Waals surface area (Å²) < 4.78 is 252. The monoisotopic (exact) mass is 1550 g/mol. The average molecular weight is 1550 g/mol. The highest BCUT2D eigenvalue weighted by molar-refractivity contribution is 7.00. The van der Waals surface area contributed by atoms with Gasteiger partial charge in [0.2, 0.25) is 0 Å². The Bertz CT molecular complexity index is 7970. The molecule has 5 heteroatoms. The molecule has 0 amide bonds. The Labute approximate surface area is 732 Å². The van der Waals surface area contributed by atoms with Crippen LogP contribution in [0.1, 0.15) is 112 Å². The second-order valence-electron chi connectivity index (χ2n) is 33.8. The van der Waals surface area contributed by atoms with E-state index in [-0.39, 0.29) is 68.2 Å². The standard InChI is InChI=1S/C114H91BN4/c1-112(2,3)86-66-95(78-44-24-14-25-45-78)110(97(68-86)84-62-80(74-36-16-10-17-37-74)60-81(63-84)75-38-18-11-19-39-75)118-105-72-89(116-101-52-32-28-48-91(101)92-49-29-33-53-102(92)116)56-58-99(105)115-100-59-57-90(117-103-54-34-30-50-93(103)94-51-31-35-55-104(94)117)73-106(100)119(108-71-88(114(7,8)9)70-107(118)109(108)115)111-96(79-46-26-15-27-47-79)67-87(113(4,5)6)69-98(111)85-64-82(76-40-20-12-21-41-76)61-83(65-85)77-42-22-13-23-43-77/h10-73H,1-9H3/i28D,29D,30D,31D,32D,33D,34D,35D,48D,49D,50D,51D,52D,53D,54D,55D,56D,57D,58D,59D,70D,71D,72D,73D. The Morgan fingerprint density at radius 1 is 0.244 bits per heavy atom. The van der Waals surface area contributed by atoms with E-state index in [0.717, 1.165) is 64.8 Å². The third kappa shape index (κ3) is 12.5. The Morgan fingerprint density at radius 3 is 0.790 bits per heavy atom. The molecule has 0 fully saturated rings. The molecule has 4 nitrogen and oxygen atoms in total. The van der Waals surface area contributed by atoms with Crippen molar-refractivity contribution in [1.82, 2.24) is 9.13 Å². The summed E-state index contributed by atoms with van der Waals surface area (Å²) >= 11 is 0. The highest BCUT2D eigenvalue weighted by atomic mass is 15.2. The van der Waals surface area contributed by atoms with Crippen molar-refractivity contribution in [3.8, 4) is 100 Å². The van der Waals surface area contributed by atoms with Gasteiger partial charge in [-0.05, 0) is 237 Å². The fourth-order valence-corrected chi connectivity index (χ4v) is 17.2. The van der Waals surface area contributed by atoms with Crippen LogP contribution in [0.5, 0.6) is 0 Å². The van der Waals surface area contributed by atoms with Crippen molar-refractivity contribution in [2.24, 2.45) is 0 Å². The summed E-state index contributed by atoms with van der Waals surface area (Å²) in [6, 6.07) is 60.5. The van der Waals surface area contributed by atoms with E-state index in [1.165, 1.54) is 0 Å². The van der Waals surface area contributed by atoms with Crippen LogP contribution in [0.2, 0.25) is 0 Å². The topological polar surface area (TPSA) is 16.3 Å². The van der Waals surface area contributed by atoms with Crippen molar-refractivity contribution in [3.63, 3.8) is 0 Å². The summed E-state index contributed by atoms with van der Waals surface area (Å²) in [4.78, 5) is 3.43. The van der Waals surface area contributed by atoms with Gasteiger partial charge in [0.1, 0.15) is 0 Å². The maximum atomic E-state index is 12.1. The number of benzene rings is 17. The van der Waals surface area contributed by atoms with E-state index in [2.05, 4.69) is 90.1 Å². The van der Waals surface area contributed by atoms with Crippen LogP contribution < -0.4 is 26.2 Å². The van der Waals surface area contributed by atoms with Crippen LogP contribution >= 0.6 is 0 Å². The first-order valence-corrected chi connectivity index (χ1v) is 40.0. The lowest BCUT2D eigenvalue weighted by molar-refractivity contribution is 0.590. The second-order valence-corrected chi connectivity index (χ2v) is 33.8. The maximum absolute atomic E-state index is 12.1. The first-order valence-electron chi connectivity index (χ1n) is 52.0. The molecule has 0 atom stereocenters. The molecule has 0 saturated heterocycles. The van der Waals surface area contributed by atoms with Crippen LogP contribution in [0.15, 0.2) is 388 Å². The van der Waals surface area contributed by atoms with Gasteiger partial charge in [0, 0.05) is 77.9 Å². The SMILES string of the molecule is [2H]c1c([2H])c(-n2c3c([2H])c([2H])c([2H])c([2H])c3c3c([2H])c([2H])c([2H])c([2H])c32)c([2H])c2c1B1c3c([2H])c([2H])c(-n4c5c([2H])c([2H])c([2H])c([2H])c5c5c([2H])c([2H])c([2H])c([2H])c54)c([2H])c3N(c3c(-c4ccccc4)cc(C(C)(C)C)cc3-c3cc(-c4ccccc4)cc(-c4ccccc4)c3)c3c([2H])c(C(C)(C)C)c([2H])c(c31)N2c1c(-c2ccccc2)cc(C(C)(C)C)cc1-c1cc(-c2ccccc2)cc(-c2ccccc2)c1. The summed E-state index contributed by atoms with van der Waals surface area (Å²) in [5, 5.41) is -1.66. The van der Waals surface area contributed by atoms with Crippen LogP contribution in [0.4, 0.5) is 34.1 Å². The van der Waals surface area contributed by atoms with E-state index in [1.54, 1.807) is 9.80 Å². The van der Waals surface area contributed by atoms with Crippen LogP contribution in [-0.2, 0) is 16.2 Å². The zero-order chi connectivity index (χ0) is 101. The number of rotatable bonds is 12. The zero-order valence-electron chi connectivity index (χ0n) is 91.0. The number of aromatic nitrogens is 2. The van der Waals surface area contributed by atoms with Gasteiger partial charge in [-0.1, -0.05) is 329 Å². The van der Waals surface area contributed by atoms with Gasteiger partial charge in [-0.15, -0.1) is 0 Å². The highest BCUT2D eigenvalue weighted by Gasteiger charge is 2.47. The number of anilines is 6. The molecule has 0 unspecified atom stereocenters. The van der Waals surface area contributed by atoms with Gasteiger partial charge in [-0.2, -0.15) is 0 Å². The molecular weight excluding hydrogens is 1440 g/mol. The van der Waals surface area contributed by atoms with Gasteiger partial charge >= 0.3 is 0 Å². The molecule has 0 radical (unpaired) electrons. The number of nitrogens with zero attached hydrogens (tertiary/aromatic N) is 4. The third-order valence-corrected chi connectivity index (χ3v) is 23.1. The van der Waals surface area contributed by atoms with Crippen molar-refractivity contribution in [2.75, 3.05) is 9.80 Å². The van der Waals surface area contributed by atoms with E-state index in [4.69, 9.17) is 0 Å². The minimum atomic E-state index is -1.98. The third-order valence-electron chi connectivity index (χ3n) is 23.1. The minimum Gasteiger partial charge on any atom is -0.310 e. The molecule has 2 aliphatic heterocycles. The van der Waals surface area contributed by atoms with E-state index in [0.29, 0.717) is 44.5 Å². The Kier molecular flexibility index (Phi) is 12.2. The van der Waals surface area contributed by atoms with Gasteiger partial charge in [0.15, 0.2) is 0 Å². The van der Waals surface area contributed by atoms with Crippen molar-refractivity contribution < 1.29 is 32.9 Å². The second kappa shape index (κ2) is 28.4. The fourth-order valence-electron chi connectivity index (χ4n) is 17.2. The van der Waals surface area contributed by atoms with Crippen LogP contribution in [0.3, 0.4) is 0 Å². The first-order chi connectivity index (χ1) is 68.0. The molecule has 0 aliphatic carbocycles. The molecule has 21 rings (SSSR count). The maximum Gasteiger partial charge on any atom is 0.252 e.